The predicted molar refractivity (Wildman–Crippen MR) is 132 cm³/mol. The quantitative estimate of drug-likeness (QED) is 0.554. The molecule has 1 aromatic heterocycles. The molecule has 0 unspecified atom stereocenters. The van der Waals surface area contributed by atoms with E-state index >= 15 is 0 Å². The number of carbonyl (C=O) groups excluding carboxylic acids is 1. The molecule has 0 radical (unpaired) electrons. The Balaban J connectivity index is 1.45. The van der Waals surface area contributed by atoms with Crippen LogP contribution in [0.15, 0.2) is 66.9 Å². The van der Waals surface area contributed by atoms with E-state index in [9.17, 15) is 4.79 Å². The van der Waals surface area contributed by atoms with Crippen molar-refractivity contribution >= 4 is 16.7 Å². The maximum Gasteiger partial charge on any atom is 0.273 e. The number of nitrogens with zero attached hydrogens (tertiary/aromatic N) is 3. The van der Waals surface area contributed by atoms with Crippen molar-refractivity contribution in [3.63, 3.8) is 0 Å². The first kappa shape index (κ1) is 20.9. The third-order valence-electron chi connectivity index (χ3n) is 8.93. The maximum absolute atomic E-state index is 14.3. The smallest absolute Gasteiger partial charge is 0.273 e. The summed E-state index contributed by atoms with van der Waals surface area (Å²) in [4.78, 5) is 23.9. The number of carbonyl (C=O) groups is 1. The van der Waals surface area contributed by atoms with Crippen LogP contribution in [0.4, 0.5) is 0 Å². The van der Waals surface area contributed by atoms with Crippen LogP contribution in [0.3, 0.4) is 0 Å². The molecule has 2 aromatic carbocycles. The van der Waals surface area contributed by atoms with Crippen molar-refractivity contribution in [2.24, 2.45) is 5.41 Å². The highest BCUT2D eigenvalue weighted by atomic mass is 16.2. The molecule has 2 bridgehead atoms. The third-order valence-corrected chi connectivity index (χ3v) is 8.93. The van der Waals surface area contributed by atoms with Crippen molar-refractivity contribution in [3.05, 3.63) is 78.1 Å². The van der Waals surface area contributed by atoms with Crippen LogP contribution in [-0.4, -0.2) is 51.9 Å². The molecule has 1 aliphatic carbocycles. The van der Waals surface area contributed by atoms with E-state index in [1.165, 1.54) is 24.8 Å². The fraction of sp³-hybridized carbons (Fsp3) is 0.448. The molecule has 0 N–H and O–H groups in total. The Morgan fingerprint density at radius 1 is 1.00 bits per heavy atom. The van der Waals surface area contributed by atoms with Gasteiger partial charge in [0, 0.05) is 41.2 Å². The van der Waals surface area contributed by atoms with Gasteiger partial charge in [0.25, 0.3) is 5.91 Å². The van der Waals surface area contributed by atoms with Crippen molar-refractivity contribution in [3.8, 4) is 0 Å². The Labute approximate surface area is 196 Å². The summed E-state index contributed by atoms with van der Waals surface area (Å²) in [5.41, 5.74) is 2.11. The van der Waals surface area contributed by atoms with Gasteiger partial charge in [-0.25, -0.2) is 0 Å². The first-order chi connectivity index (χ1) is 16.1. The van der Waals surface area contributed by atoms with Crippen molar-refractivity contribution < 1.29 is 4.79 Å². The molecule has 4 heteroatoms. The SMILES string of the molecule is CN1[C@@H](Cc2ccccc2)[C@@H]2C[C@@]3(C)[C@H](CCCC[C@@H]13)N2C(=O)c1nccc2ccccc12. The topological polar surface area (TPSA) is 36.4 Å². The van der Waals surface area contributed by atoms with Gasteiger partial charge >= 0.3 is 0 Å². The lowest BCUT2D eigenvalue weighted by Gasteiger charge is -2.49. The molecule has 1 amide bonds. The largest absolute Gasteiger partial charge is 0.329 e. The van der Waals surface area contributed by atoms with Crippen molar-refractivity contribution in [2.75, 3.05) is 7.05 Å². The minimum Gasteiger partial charge on any atom is -0.329 e. The fourth-order valence-corrected chi connectivity index (χ4v) is 7.40. The van der Waals surface area contributed by atoms with E-state index in [0.717, 1.165) is 30.0 Å². The van der Waals surface area contributed by atoms with Crippen molar-refractivity contribution in [1.82, 2.24) is 14.8 Å². The van der Waals surface area contributed by atoms with Crippen LogP contribution in [-0.2, 0) is 6.42 Å². The summed E-state index contributed by atoms with van der Waals surface area (Å²) in [5, 5.41) is 2.05. The van der Waals surface area contributed by atoms with E-state index in [-0.39, 0.29) is 23.4 Å². The number of hydrogen-bond acceptors (Lipinski definition) is 3. The van der Waals surface area contributed by atoms with Gasteiger partial charge in [0.05, 0.1) is 0 Å². The van der Waals surface area contributed by atoms with Crippen LogP contribution in [0.1, 0.15) is 55.1 Å². The van der Waals surface area contributed by atoms with Crippen LogP contribution in [0, 0.1) is 5.41 Å². The molecule has 5 atom stereocenters. The summed E-state index contributed by atoms with van der Waals surface area (Å²) in [5.74, 6) is 0.125. The molecule has 3 aliphatic rings. The zero-order valence-electron chi connectivity index (χ0n) is 19.7. The number of likely N-dealkylation sites (tertiary alicyclic amines) is 2. The standard InChI is InChI=1S/C29H33N3O/c1-29-19-24-23(18-20-10-4-3-5-11-20)31(2)25(29)14-8-9-15-26(29)32(24)28(33)27-22-13-7-6-12-21(22)16-17-30-27/h3-7,10-13,16-17,23-26H,8-9,14-15,18-19H2,1-2H3/t23-,24-,25+,26-,29+/m0/s1. The van der Waals surface area contributed by atoms with Crippen LogP contribution in [0.2, 0.25) is 0 Å². The lowest BCUT2D eigenvalue weighted by molar-refractivity contribution is 0.0156. The molecular formula is C29H33N3O. The summed E-state index contributed by atoms with van der Waals surface area (Å²) in [7, 11) is 2.31. The molecular weight excluding hydrogens is 406 g/mol. The minimum atomic E-state index is 0.125. The molecule has 2 aliphatic heterocycles. The predicted octanol–water partition coefficient (Wildman–Crippen LogP) is 5.32. The number of benzene rings is 2. The van der Waals surface area contributed by atoms with Gasteiger partial charge in [0.1, 0.15) is 5.69 Å². The molecule has 170 valence electrons. The monoisotopic (exact) mass is 439 g/mol. The van der Waals surface area contributed by atoms with E-state index < -0.39 is 0 Å². The minimum absolute atomic E-state index is 0.125. The Morgan fingerprint density at radius 2 is 1.73 bits per heavy atom. The first-order valence-corrected chi connectivity index (χ1v) is 12.5. The number of likely N-dealkylation sites (N-methyl/N-ethyl adjacent to an activating group) is 1. The second-order valence-corrected chi connectivity index (χ2v) is 10.6. The molecule has 3 aromatic rings. The van der Waals surface area contributed by atoms with Gasteiger partial charge in [-0.3, -0.25) is 14.7 Å². The lowest BCUT2D eigenvalue weighted by Crippen LogP contribution is -2.58. The average molecular weight is 440 g/mol. The molecule has 3 heterocycles. The van der Waals surface area contributed by atoms with Crippen LogP contribution in [0.5, 0.6) is 0 Å². The van der Waals surface area contributed by atoms with Gasteiger partial charge in [-0.15, -0.1) is 0 Å². The van der Waals surface area contributed by atoms with Crippen molar-refractivity contribution in [2.45, 2.75) is 69.6 Å². The van der Waals surface area contributed by atoms with Gasteiger partial charge in [-0.05, 0) is 49.7 Å². The van der Waals surface area contributed by atoms with Gasteiger partial charge < -0.3 is 4.90 Å². The normalized spacial score (nSPS) is 31.5. The highest BCUT2D eigenvalue weighted by Gasteiger charge is 2.62. The Hall–Kier alpha value is -2.72. The molecule has 0 spiro atoms. The Bertz CT molecular complexity index is 1170. The maximum atomic E-state index is 14.3. The first-order valence-electron chi connectivity index (χ1n) is 12.5. The lowest BCUT2D eigenvalue weighted by atomic mass is 9.69. The van der Waals surface area contributed by atoms with E-state index in [1.54, 1.807) is 6.20 Å². The molecule has 3 fully saturated rings. The number of rotatable bonds is 3. The third kappa shape index (κ3) is 3.22. The van der Waals surface area contributed by atoms with Crippen LogP contribution < -0.4 is 0 Å². The summed E-state index contributed by atoms with van der Waals surface area (Å²) < 4.78 is 0. The van der Waals surface area contributed by atoms with Gasteiger partial charge in [-0.2, -0.15) is 0 Å². The van der Waals surface area contributed by atoms with E-state index in [0.29, 0.717) is 17.8 Å². The number of hydrogen-bond donors (Lipinski definition) is 0. The Morgan fingerprint density at radius 3 is 2.55 bits per heavy atom. The summed E-state index contributed by atoms with van der Waals surface area (Å²) >= 11 is 0. The zero-order chi connectivity index (χ0) is 22.6. The number of aromatic nitrogens is 1. The van der Waals surface area contributed by atoms with Crippen molar-refractivity contribution in [1.29, 1.82) is 0 Å². The second-order valence-electron chi connectivity index (χ2n) is 10.6. The second kappa shape index (κ2) is 7.95. The highest BCUT2D eigenvalue weighted by Crippen LogP contribution is 2.55. The van der Waals surface area contributed by atoms with Crippen LogP contribution in [0.25, 0.3) is 10.8 Å². The highest BCUT2D eigenvalue weighted by molar-refractivity contribution is 6.05. The van der Waals surface area contributed by atoms with Crippen LogP contribution >= 0.6 is 0 Å². The zero-order valence-corrected chi connectivity index (χ0v) is 19.7. The number of amides is 1. The molecule has 1 saturated carbocycles. The summed E-state index contributed by atoms with van der Waals surface area (Å²) in [6, 6.07) is 22.3. The molecule has 2 saturated heterocycles. The summed E-state index contributed by atoms with van der Waals surface area (Å²) in [6.07, 6.45) is 8.66. The number of fused-ring (bicyclic) bond motifs is 2. The molecule has 4 nitrogen and oxygen atoms in total. The molecule has 6 rings (SSSR count). The fourth-order valence-electron chi connectivity index (χ4n) is 7.40. The van der Waals surface area contributed by atoms with E-state index in [4.69, 9.17) is 0 Å². The van der Waals surface area contributed by atoms with Gasteiger partial charge in [0.15, 0.2) is 0 Å². The average Bonchev–Trinajstić information content (AvgIpc) is 2.99. The van der Waals surface area contributed by atoms with E-state index in [1.807, 2.05) is 24.3 Å². The molecule has 33 heavy (non-hydrogen) atoms. The Kier molecular flexibility index (Phi) is 5.02. The number of pyridine rings is 1. The summed E-state index contributed by atoms with van der Waals surface area (Å²) in [6.45, 7) is 2.46. The van der Waals surface area contributed by atoms with E-state index in [2.05, 4.69) is 65.2 Å². The number of piperidine rings is 1. The van der Waals surface area contributed by atoms with Gasteiger partial charge in [0.2, 0.25) is 0 Å². The van der Waals surface area contributed by atoms with Gasteiger partial charge in [-0.1, -0.05) is 74.4 Å².